The third kappa shape index (κ3) is 4.27. The number of nitrogens with one attached hydrogen (secondary N) is 1. The fourth-order valence-electron chi connectivity index (χ4n) is 2.21. The lowest BCUT2D eigenvalue weighted by atomic mass is 10.1. The number of aryl methyl sites for hydroxylation is 1. The number of anilines is 1. The molecule has 1 heterocycles. The molecule has 0 amide bonds. The summed E-state index contributed by atoms with van der Waals surface area (Å²) in [5.74, 6) is 0. The molecule has 25 heavy (non-hydrogen) atoms. The van der Waals surface area contributed by atoms with Crippen LogP contribution < -0.4 is 5.43 Å². The van der Waals surface area contributed by atoms with Crippen LogP contribution in [-0.2, 0) is 6.42 Å². The quantitative estimate of drug-likeness (QED) is 0.395. The first-order chi connectivity index (χ1) is 12.2. The highest BCUT2D eigenvalue weighted by Gasteiger charge is 2.07. The second-order valence-corrected chi connectivity index (χ2v) is 6.17. The van der Waals surface area contributed by atoms with Gasteiger partial charge in [0.25, 0.3) is 5.69 Å². The lowest BCUT2D eigenvalue weighted by Crippen LogP contribution is -1.91. The Kier molecular flexibility index (Phi) is 5.15. The number of rotatable bonds is 6. The van der Waals surface area contributed by atoms with Gasteiger partial charge in [0.2, 0.25) is 5.13 Å². The molecular weight excluding hydrogens is 336 g/mol. The van der Waals surface area contributed by atoms with E-state index in [2.05, 4.69) is 34.6 Å². The molecule has 0 aliphatic carbocycles. The largest absolute Gasteiger partial charge is 0.269 e. The van der Waals surface area contributed by atoms with E-state index >= 15 is 0 Å². The Morgan fingerprint density at radius 2 is 1.92 bits per heavy atom. The normalized spacial score (nSPS) is 10.9. The maximum absolute atomic E-state index is 10.7. The Labute approximate surface area is 149 Å². The summed E-state index contributed by atoms with van der Waals surface area (Å²) in [6, 6.07) is 14.5. The van der Waals surface area contributed by atoms with Crippen LogP contribution in [0.25, 0.3) is 11.3 Å². The van der Waals surface area contributed by atoms with Crippen LogP contribution in [0.4, 0.5) is 10.8 Å². The molecule has 0 spiro atoms. The number of nitro groups is 1. The van der Waals surface area contributed by atoms with Crippen molar-refractivity contribution in [1.82, 2.24) is 4.98 Å². The minimum Gasteiger partial charge on any atom is -0.258 e. The summed E-state index contributed by atoms with van der Waals surface area (Å²) in [6.45, 7) is 2.12. The van der Waals surface area contributed by atoms with E-state index in [9.17, 15) is 10.1 Å². The summed E-state index contributed by atoms with van der Waals surface area (Å²) in [5.41, 5.74) is 6.86. The predicted molar refractivity (Wildman–Crippen MR) is 101 cm³/mol. The number of nitrogens with zero attached hydrogens (tertiary/aromatic N) is 3. The van der Waals surface area contributed by atoms with E-state index in [1.54, 1.807) is 18.3 Å². The molecular formula is C18H16N4O2S. The highest BCUT2D eigenvalue weighted by Crippen LogP contribution is 2.26. The molecule has 0 aliphatic rings. The molecule has 0 radical (unpaired) electrons. The summed E-state index contributed by atoms with van der Waals surface area (Å²) in [5, 5.41) is 17.4. The second-order valence-electron chi connectivity index (χ2n) is 5.31. The SMILES string of the molecule is CCc1ccc(C=NNc2nc(-c3ccc([N+](=O)[O-])cc3)cs2)cc1. The summed E-state index contributed by atoms with van der Waals surface area (Å²) in [7, 11) is 0. The molecule has 0 bridgehead atoms. The van der Waals surface area contributed by atoms with Crippen molar-refractivity contribution in [3.05, 3.63) is 75.2 Å². The minimum absolute atomic E-state index is 0.0658. The summed E-state index contributed by atoms with van der Waals surface area (Å²) >= 11 is 1.43. The highest BCUT2D eigenvalue weighted by atomic mass is 32.1. The zero-order valence-electron chi connectivity index (χ0n) is 13.5. The van der Waals surface area contributed by atoms with Gasteiger partial charge < -0.3 is 0 Å². The van der Waals surface area contributed by atoms with Crippen molar-refractivity contribution < 1.29 is 4.92 Å². The van der Waals surface area contributed by atoms with Crippen molar-refractivity contribution >= 4 is 28.4 Å². The van der Waals surface area contributed by atoms with Gasteiger partial charge >= 0.3 is 0 Å². The van der Waals surface area contributed by atoms with Crippen LogP contribution in [-0.4, -0.2) is 16.1 Å². The highest BCUT2D eigenvalue weighted by molar-refractivity contribution is 7.14. The molecule has 0 saturated heterocycles. The van der Waals surface area contributed by atoms with Crippen LogP contribution in [0.15, 0.2) is 59.0 Å². The molecule has 0 fully saturated rings. The molecule has 0 atom stereocenters. The zero-order valence-corrected chi connectivity index (χ0v) is 14.4. The Hall–Kier alpha value is -3.06. The number of benzene rings is 2. The Morgan fingerprint density at radius 1 is 1.20 bits per heavy atom. The van der Waals surface area contributed by atoms with Gasteiger partial charge in [-0.15, -0.1) is 11.3 Å². The summed E-state index contributed by atoms with van der Waals surface area (Å²) in [6.07, 6.45) is 2.76. The Bertz CT molecular complexity index is 886. The fourth-order valence-corrected chi connectivity index (χ4v) is 2.88. The first-order valence-electron chi connectivity index (χ1n) is 7.74. The number of thiazole rings is 1. The maximum atomic E-state index is 10.7. The van der Waals surface area contributed by atoms with Gasteiger partial charge in [0, 0.05) is 23.1 Å². The van der Waals surface area contributed by atoms with Crippen LogP contribution in [0.5, 0.6) is 0 Å². The summed E-state index contributed by atoms with van der Waals surface area (Å²) in [4.78, 5) is 14.7. The maximum Gasteiger partial charge on any atom is 0.269 e. The van der Waals surface area contributed by atoms with E-state index in [-0.39, 0.29) is 5.69 Å². The van der Waals surface area contributed by atoms with Gasteiger partial charge in [0.1, 0.15) is 0 Å². The van der Waals surface area contributed by atoms with Crippen LogP contribution in [0.3, 0.4) is 0 Å². The van der Waals surface area contributed by atoms with Crippen molar-refractivity contribution in [3.8, 4) is 11.3 Å². The molecule has 0 aliphatic heterocycles. The number of aromatic nitrogens is 1. The molecule has 6 nitrogen and oxygen atoms in total. The van der Waals surface area contributed by atoms with Crippen LogP contribution in [0.2, 0.25) is 0 Å². The number of nitro benzene ring substituents is 1. The fraction of sp³-hybridized carbons (Fsp3) is 0.111. The van der Waals surface area contributed by atoms with Gasteiger partial charge in [-0.05, 0) is 29.7 Å². The predicted octanol–water partition coefficient (Wildman–Crippen LogP) is 4.73. The lowest BCUT2D eigenvalue weighted by Gasteiger charge is -1.98. The molecule has 3 aromatic rings. The molecule has 126 valence electrons. The van der Waals surface area contributed by atoms with Gasteiger partial charge in [-0.3, -0.25) is 15.5 Å². The molecule has 2 aromatic carbocycles. The third-order valence-electron chi connectivity index (χ3n) is 3.64. The summed E-state index contributed by atoms with van der Waals surface area (Å²) < 4.78 is 0. The molecule has 0 unspecified atom stereocenters. The Morgan fingerprint density at radius 3 is 2.56 bits per heavy atom. The van der Waals surface area contributed by atoms with Crippen LogP contribution in [0, 0.1) is 10.1 Å². The van der Waals surface area contributed by atoms with Crippen molar-refractivity contribution in [3.63, 3.8) is 0 Å². The number of hydrazone groups is 1. The van der Waals surface area contributed by atoms with E-state index in [4.69, 9.17) is 0 Å². The number of non-ortho nitro benzene ring substituents is 1. The van der Waals surface area contributed by atoms with E-state index in [0.29, 0.717) is 5.13 Å². The number of hydrogen-bond acceptors (Lipinski definition) is 6. The van der Waals surface area contributed by atoms with Crippen LogP contribution in [0.1, 0.15) is 18.1 Å². The second kappa shape index (κ2) is 7.67. The average molecular weight is 352 g/mol. The van der Waals surface area contributed by atoms with Crippen molar-refractivity contribution in [2.75, 3.05) is 5.43 Å². The average Bonchev–Trinajstić information content (AvgIpc) is 3.11. The third-order valence-corrected chi connectivity index (χ3v) is 4.39. The zero-order chi connectivity index (χ0) is 17.6. The lowest BCUT2D eigenvalue weighted by molar-refractivity contribution is -0.384. The molecule has 3 rings (SSSR count). The first kappa shape index (κ1) is 16.8. The van der Waals surface area contributed by atoms with Crippen molar-refractivity contribution in [2.24, 2.45) is 5.10 Å². The van der Waals surface area contributed by atoms with E-state index in [0.717, 1.165) is 23.2 Å². The molecule has 1 aromatic heterocycles. The van der Waals surface area contributed by atoms with Gasteiger partial charge in [-0.25, -0.2) is 4.98 Å². The van der Waals surface area contributed by atoms with E-state index in [1.807, 2.05) is 17.5 Å². The molecule has 7 heteroatoms. The monoisotopic (exact) mass is 352 g/mol. The first-order valence-corrected chi connectivity index (χ1v) is 8.62. The minimum atomic E-state index is -0.417. The standard InChI is InChI=1S/C18H16N4O2S/c1-2-13-3-5-14(6-4-13)11-19-21-18-20-17(12-25-18)15-7-9-16(10-8-15)22(23)24/h3-12H,2H2,1H3,(H,20,21). The van der Waals surface area contributed by atoms with Gasteiger partial charge in [-0.2, -0.15) is 5.10 Å². The molecule has 1 N–H and O–H groups in total. The van der Waals surface area contributed by atoms with Crippen molar-refractivity contribution in [2.45, 2.75) is 13.3 Å². The van der Waals surface area contributed by atoms with Gasteiger partial charge in [0.15, 0.2) is 0 Å². The topological polar surface area (TPSA) is 80.4 Å². The van der Waals surface area contributed by atoms with E-state index in [1.165, 1.54) is 29.0 Å². The van der Waals surface area contributed by atoms with Crippen molar-refractivity contribution in [1.29, 1.82) is 0 Å². The Balaban J connectivity index is 1.64. The molecule has 0 saturated carbocycles. The van der Waals surface area contributed by atoms with Crippen LogP contribution >= 0.6 is 11.3 Å². The van der Waals surface area contributed by atoms with Gasteiger partial charge in [-0.1, -0.05) is 31.2 Å². The number of hydrogen-bond donors (Lipinski definition) is 1. The van der Waals surface area contributed by atoms with E-state index < -0.39 is 4.92 Å². The van der Waals surface area contributed by atoms with Gasteiger partial charge in [0.05, 0.1) is 16.8 Å². The smallest absolute Gasteiger partial charge is 0.258 e.